The Labute approximate surface area is 95.8 Å². The molecule has 0 spiro atoms. The second-order valence-corrected chi connectivity index (χ2v) is 4.60. The van der Waals surface area contributed by atoms with Gasteiger partial charge in [0.25, 0.3) is 0 Å². The minimum Gasteiger partial charge on any atom is -0.410 e. The molecule has 1 amide bonds. The Hall–Kier alpha value is -1.51. The molecule has 0 unspecified atom stereocenters. The van der Waals surface area contributed by atoms with Crippen LogP contribution < -0.4 is 10.1 Å². The van der Waals surface area contributed by atoms with Gasteiger partial charge in [-0.2, -0.15) is 0 Å². The Morgan fingerprint density at radius 2 is 1.88 bits per heavy atom. The van der Waals surface area contributed by atoms with Crippen molar-refractivity contribution in [2.45, 2.75) is 38.1 Å². The van der Waals surface area contributed by atoms with Crippen molar-refractivity contribution >= 4 is 6.09 Å². The minimum absolute atomic E-state index is 0.0775. The summed E-state index contributed by atoms with van der Waals surface area (Å²) in [5, 5.41) is 2.94. The van der Waals surface area contributed by atoms with Gasteiger partial charge in [0.15, 0.2) is 0 Å². The molecule has 0 saturated heterocycles. The lowest BCUT2D eigenvalue weighted by atomic mass is 10.0. The van der Waals surface area contributed by atoms with Gasteiger partial charge in [0, 0.05) is 5.54 Å². The topological polar surface area (TPSA) is 38.3 Å². The summed E-state index contributed by atoms with van der Waals surface area (Å²) in [6, 6.07) is 9.13. The molecule has 2 rings (SSSR count). The molecular weight excluding hydrogens is 202 g/mol. The standard InChI is InChI=1S/C13H17NO2/c1-13(9-5-6-10-13)14-12(15)16-11-7-3-2-4-8-11/h2-4,7-8H,5-6,9-10H2,1H3,(H,14,15). The van der Waals surface area contributed by atoms with Crippen LogP contribution in [-0.2, 0) is 0 Å². The average molecular weight is 219 g/mol. The zero-order valence-electron chi connectivity index (χ0n) is 9.53. The van der Waals surface area contributed by atoms with Gasteiger partial charge in [-0.05, 0) is 31.9 Å². The van der Waals surface area contributed by atoms with Crippen LogP contribution >= 0.6 is 0 Å². The highest BCUT2D eigenvalue weighted by Crippen LogP contribution is 2.28. The van der Waals surface area contributed by atoms with Crippen molar-refractivity contribution in [3.63, 3.8) is 0 Å². The van der Waals surface area contributed by atoms with E-state index in [1.807, 2.05) is 18.2 Å². The average Bonchev–Trinajstić information content (AvgIpc) is 2.66. The van der Waals surface area contributed by atoms with E-state index in [2.05, 4.69) is 12.2 Å². The molecule has 0 radical (unpaired) electrons. The lowest BCUT2D eigenvalue weighted by molar-refractivity contribution is 0.186. The normalized spacial score (nSPS) is 18.1. The van der Waals surface area contributed by atoms with Gasteiger partial charge in [-0.3, -0.25) is 0 Å². The molecule has 0 atom stereocenters. The first-order chi connectivity index (χ1) is 7.68. The number of amides is 1. The molecule has 0 aliphatic heterocycles. The molecule has 1 aromatic carbocycles. The summed E-state index contributed by atoms with van der Waals surface area (Å²) in [5.41, 5.74) is -0.0775. The van der Waals surface area contributed by atoms with Crippen LogP contribution in [0, 0.1) is 0 Å². The highest BCUT2D eigenvalue weighted by atomic mass is 16.6. The van der Waals surface area contributed by atoms with Crippen molar-refractivity contribution in [2.75, 3.05) is 0 Å². The molecule has 1 fully saturated rings. The van der Waals surface area contributed by atoms with Gasteiger partial charge >= 0.3 is 6.09 Å². The van der Waals surface area contributed by atoms with Crippen LogP contribution in [0.15, 0.2) is 30.3 Å². The Balaban J connectivity index is 1.89. The van der Waals surface area contributed by atoms with Crippen LogP contribution in [0.1, 0.15) is 32.6 Å². The molecule has 0 bridgehead atoms. The van der Waals surface area contributed by atoms with Crippen LogP contribution in [0.4, 0.5) is 4.79 Å². The molecule has 1 N–H and O–H groups in total. The van der Waals surface area contributed by atoms with Gasteiger partial charge in [-0.15, -0.1) is 0 Å². The van der Waals surface area contributed by atoms with E-state index in [1.165, 1.54) is 12.8 Å². The number of rotatable bonds is 2. The maximum Gasteiger partial charge on any atom is 0.413 e. The zero-order valence-corrected chi connectivity index (χ0v) is 9.53. The fourth-order valence-corrected chi connectivity index (χ4v) is 2.15. The van der Waals surface area contributed by atoms with E-state index < -0.39 is 0 Å². The van der Waals surface area contributed by atoms with Crippen molar-refractivity contribution in [2.24, 2.45) is 0 Å². The molecule has 0 heterocycles. The van der Waals surface area contributed by atoms with Gasteiger partial charge in [0.05, 0.1) is 0 Å². The molecule has 0 aromatic heterocycles. The predicted molar refractivity (Wildman–Crippen MR) is 62.5 cm³/mol. The summed E-state index contributed by atoms with van der Waals surface area (Å²) in [7, 11) is 0. The molecule has 3 nitrogen and oxygen atoms in total. The first kappa shape index (κ1) is 11.0. The van der Waals surface area contributed by atoms with E-state index in [-0.39, 0.29) is 11.6 Å². The summed E-state index contributed by atoms with van der Waals surface area (Å²) in [4.78, 5) is 11.6. The first-order valence-corrected chi connectivity index (χ1v) is 5.73. The Morgan fingerprint density at radius 3 is 2.50 bits per heavy atom. The zero-order chi connectivity index (χ0) is 11.4. The van der Waals surface area contributed by atoms with E-state index in [0.29, 0.717) is 5.75 Å². The largest absolute Gasteiger partial charge is 0.413 e. The lowest BCUT2D eigenvalue weighted by Crippen LogP contribution is -2.44. The van der Waals surface area contributed by atoms with Crippen LogP contribution in [0.2, 0.25) is 0 Å². The van der Waals surface area contributed by atoms with Crippen molar-refractivity contribution in [3.05, 3.63) is 30.3 Å². The molecule has 1 saturated carbocycles. The summed E-state index contributed by atoms with van der Waals surface area (Å²) in [5.74, 6) is 0.585. The van der Waals surface area contributed by atoms with E-state index in [1.54, 1.807) is 12.1 Å². The van der Waals surface area contributed by atoms with Gasteiger partial charge in [0.1, 0.15) is 5.75 Å². The molecule has 1 aliphatic carbocycles. The van der Waals surface area contributed by atoms with E-state index >= 15 is 0 Å². The van der Waals surface area contributed by atoms with E-state index in [4.69, 9.17) is 4.74 Å². The number of carbonyl (C=O) groups is 1. The number of hydrogen-bond donors (Lipinski definition) is 1. The first-order valence-electron chi connectivity index (χ1n) is 5.73. The third-order valence-corrected chi connectivity index (χ3v) is 3.06. The highest BCUT2D eigenvalue weighted by Gasteiger charge is 2.30. The van der Waals surface area contributed by atoms with E-state index in [9.17, 15) is 4.79 Å². The van der Waals surface area contributed by atoms with Crippen molar-refractivity contribution in [1.82, 2.24) is 5.32 Å². The fraction of sp³-hybridized carbons (Fsp3) is 0.462. The lowest BCUT2D eigenvalue weighted by Gasteiger charge is -2.24. The summed E-state index contributed by atoms with van der Waals surface area (Å²) in [6.45, 7) is 2.08. The molecule has 16 heavy (non-hydrogen) atoms. The van der Waals surface area contributed by atoms with Crippen LogP contribution in [0.25, 0.3) is 0 Å². The number of benzene rings is 1. The van der Waals surface area contributed by atoms with Gasteiger partial charge in [-0.1, -0.05) is 31.0 Å². The summed E-state index contributed by atoms with van der Waals surface area (Å²) in [6.07, 6.45) is 4.09. The number of ether oxygens (including phenoxy) is 1. The Bertz CT molecular complexity index is 355. The number of carbonyl (C=O) groups excluding carboxylic acids is 1. The smallest absolute Gasteiger partial charge is 0.410 e. The number of para-hydroxylation sites is 1. The van der Waals surface area contributed by atoms with Crippen LogP contribution in [-0.4, -0.2) is 11.6 Å². The van der Waals surface area contributed by atoms with E-state index in [0.717, 1.165) is 12.8 Å². The SMILES string of the molecule is CC1(NC(=O)Oc2ccccc2)CCCC1. The maximum absolute atomic E-state index is 11.6. The van der Waals surface area contributed by atoms with Gasteiger partial charge < -0.3 is 10.1 Å². The maximum atomic E-state index is 11.6. The van der Waals surface area contributed by atoms with Crippen molar-refractivity contribution < 1.29 is 9.53 Å². The summed E-state index contributed by atoms with van der Waals surface area (Å²) < 4.78 is 5.19. The molecule has 1 aliphatic rings. The minimum atomic E-state index is -0.351. The second-order valence-electron chi connectivity index (χ2n) is 4.60. The molecular formula is C13H17NO2. The van der Waals surface area contributed by atoms with Gasteiger partial charge in [-0.25, -0.2) is 4.79 Å². The molecule has 1 aromatic rings. The quantitative estimate of drug-likeness (QED) is 0.830. The summed E-state index contributed by atoms with van der Waals surface area (Å²) >= 11 is 0. The van der Waals surface area contributed by atoms with Crippen molar-refractivity contribution in [3.8, 4) is 5.75 Å². The highest BCUT2D eigenvalue weighted by molar-refractivity contribution is 5.71. The fourth-order valence-electron chi connectivity index (χ4n) is 2.15. The Kier molecular flexibility index (Phi) is 3.13. The third kappa shape index (κ3) is 2.75. The third-order valence-electron chi connectivity index (χ3n) is 3.06. The molecule has 3 heteroatoms. The van der Waals surface area contributed by atoms with Crippen LogP contribution in [0.5, 0.6) is 5.75 Å². The Morgan fingerprint density at radius 1 is 1.25 bits per heavy atom. The van der Waals surface area contributed by atoms with Crippen LogP contribution in [0.3, 0.4) is 0 Å². The number of nitrogens with one attached hydrogen (secondary N) is 1. The molecule has 86 valence electrons. The monoisotopic (exact) mass is 219 g/mol. The number of hydrogen-bond acceptors (Lipinski definition) is 2. The van der Waals surface area contributed by atoms with Gasteiger partial charge in [0.2, 0.25) is 0 Å². The second kappa shape index (κ2) is 4.56. The predicted octanol–water partition coefficient (Wildman–Crippen LogP) is 3.11. The van der Waals surface area contributed by atoms with Crippen molar-refractivity contribution in [1.29, 1.82) is 0 Å².